The maximum Gasteiger partial charge on any atom is 0.352 e. The molecule has 0 atom stereocenters. The summed E-state index contributed by atoms with van der Waals surface area (Å²) in [7, 11) is -5.39. The lowest BCUT2D eigenvalue weighted by Gasteiger charge is -2.42. The number of hydrogen-bond donors (Lipinski definition) is 0. The predicted molar refractivity (Wildman–Crippen MR) is 256 cm³/mol. The Morgan fingerprint density at radius 2 is 0.698 bits per heavy atom. The number of benzene rings is 1. The molecule has 0 saturated heterocycles. The van der Waals surface area contributed by atoms with Crippen LogP contribution in [0.25, 0.3) is 0 Å². The van der Waals surface area contributed by atoms with Crippen molar-refractivity contribution in [1.29, 1.82) is 0 Å². The first-order valence-corrected chi connectivity index (χ1v) is 28.2. The quantitative estimate of drug-likeness (QED) is 0.0479. The van der Waals surface area contributed by atoms with Crippen LogP contribution in [-0.4, -0.2) is 66.9 Å². The van der Waals surface area contributed by atoms with Crippen molar-refractivity contribution in [2.45, 2.75) is 164 Å². The molecule has 0 amide bonds. The topological polar surface area (TPSA) is 142 Å². The third-order valence-corrected chi connectivity index (χ3v) is 25.6. The van der Waals surface area contributed by atoms with Crippen LogP contribution < -0.4 is 18.3 Å². The van der Waals surface area contributed by atoms with Crippen LogP contribution in [0.5, 0.6) is 23.0 Å². The van der Waals surface area contributed by atoms with Crippen molar-refractivity contribution in [2.24, 2.45) is 0 Å². The number of ether oxygens (including phenoxy) is 6. The SMILES string of the molecule is CCOC(=O)c1sc(C(=O)OCC)c(O[Si](C(C)C)(C(C)C)C(C)C)c1OCc1cc(C)cc(COc2c(C(=O)OCC)sc(C(=O)OCC)c2O[Si](C(C)C)(C(C)C)C(C)C)c1. The number of hydrogen-bond acceptors (Lipinski definition) is 14. The fourth-order valence-electron chi connectivity index (χ4n) is 9.06. The number of carbonyl (C=O) groups excluding carboxylic acids is 4. The summed E-state index contributed by atoms with van der Waals surface area (Å²) in [6, 6.07) is 5.82. The molecule has 12 nitrogen and oxygen atoms in total. The van der Waals surface area contributed by atoms with Crippen LogP contribution in [0.3, 0.4) is 0 Å². The molecule has 0 fully saturated rings. The van der Waals surface area contributed by atoms with Gasteiger partial charge in [-0.25, -0.2) is 19.2 Å². The summed E-state index contributed by atoms with van der Waals surface area (Å²) >= 11 is 1.91. The standard InChI is InChI=1S/C47H72O12S2Si2/c1-18-52-44(48)40-36(38(42(60-40)46(50)54-20-3)58-62(27(5)6,28(7)8)29(9)10)56-25-34-22-33(17)23-35(24-34)26-57-37-39(59-63(30(11)12,31(13)14)32(15)16)43(47(51)55-21-4)61-41(37)45(49)53-19-2/h22-24,27-32H,18-21,25-26H2,1-17H3. The van der Waals surface area contributed by atoms with Crippen LogP contribution in [0.4, 0.5) is 0 Å². The number of esters is 4. The van der Waals surface area contributed by atoms with E-state index < -0.39 is 40.5 Å². The second-order valence-corrected chi connectivity index (χ2v) is 30.3. The molecule has 16 heteroatoms. The van der Waals surface area contributed by atoms with Gasteiger partial charge in [0.2, 0.25) is 0 Å². The third-order valence-electron chi connectivity index (χ3n) is 11.4. The largest absolute Gasteiger partial charge is 0.539 e. The molecule has 2 aromatic heterocycles. The lowest BCUT2D eigenvalue weighted by molar-refractivity contribution is 0.0517. The Balaban J connectivity index is 2.21. The summed E-state index contributed by atoms with van der Waals surface area (Å²) in [5.41, 5.74) is 3.28. The van der Waals surface area contributed by atoms with Gasteiger partial charge in [0.25, 0.3) is 16.6 Å². The highest BCUT2D eigenvalue weighted by atomic mass is 32.1. The Bertz CT molecular complexity index is 1850. The van der Waals surface area contributed by atoms with Gasteiger partial charge in [-0.15, -0.1) is 22.7 Å². The zero-order valence-corrected chi connectivity index (χ0v) is 44.3. The van der Waals surface area contributed by atoms with E-state index in [0.29, 0.717) is 0 Å². The van der Waals surface area contributed by atoms with Crippen molar-refractivity contribution in [3.63, 3.8) is 0 Å². The summed E-state index contributed by atoms with van der Waals surface area (Å²) in [5, 5.41) is 0. The number of aryl methyl sites for hydroxylation is 1. The lowest BCUT2D eigenvalue weighted by Crippen LogP contribution is -2.51. The zero-order valence-electron chi connectivity index (χ0n) is 40.7. The molecule has 0 saturated carbocycles. The third kappa shape index (κ3) is 11.9. The van der Waals surface area contributed by atoms with Gasteiger partial charge in [-0.2, -0.15) is 0 Å². The van der Waals surface area contributed by atoms with E-state index in [1.54, 1.807) is 27.7 Å². The maximum absolute atomic E-state index is 13.6. The lowest BCUT2D eigenvalue weighted by atomic mass is 10.1. The van der Waals surface area contributed by atoms with E-state index in [0.717, 1.165) is 39.4 Å². The summed E-state index contributed by atoms with van der Waals surface area (Å²) in [6.07, 6.45) is 0. The molecule has 3 aromatic rings. The molecule has 0 unspecified atom stereocenters. The van der Waals surface area contributed by atoms with Crippen LogP contribution in [0.15, 0.2) is 18.2 Å². The van der Waals surface area contributed by atoms with Crippen LogP contribution in [-0.2, 0) is 32.2 Å². The van der Waals surface area contributed by atoms with E-state index >= 15 is 0 Å². The average molecular weight is 949 g/mol. The van der Waals surface area contributed by atoms with Gasteiger partial charge in [0.15, 0.2) is 42.5 Å². The monoisotopic (exact) mass is 948 g/mol. The van der Waals surface area contributed by atoms with E-state index in [4.69, 9.17) is 37.3 Å². The molecule has 352 valence electrons. The molecular weight excluding hydrogens is 877 g/mol. The van der Waals surface area contributed by atoms with E-state index in [2.05, 4.69) is 83.1 Å². The Hall–Kier alpha value is -3.87. The summed E-state index contributed by atoms with van der Waals surface area (Å²) in [4.78, 5) is 54.8. The molecule has 0 aliphatic heterocycles. The highest BCUT2D eigenvalue weighted by Crippen LogP contribution is 2.52. The van der Waals surface area contributed by atoms with Crippen LogP contribution >= 0.6 is 22.7 Å². The molecule has 0 aliphatic carbocycles. The fraction of sp³-hybridized carbons (Fsp3) is 0.617. The van der Waals surface area contributed by atoms with Crippen LogP contribution in [0.2, 0.25) is 33.2 Å². The molecule has 0 radical (unpaired) electrons. The molecule has 1 aromatic carbocycles. The van der Waals surface area contributed by atoms with Gasteiger partial charge in [0.1, 0.15) is 13.2 Å². The minimum absolute atomic E-state index is 0.00475. The zero-order chi connectivity index (χ0) is 47.6. The maximum atomic E-state index is 13.6. The van der Waals surface area contributed by atoms with E-state index in [1.165, 1.54) is 0 Å². The molecule has 0 aliphatic rings. The average Bonchev–Trinajstić information content (AvgIpc) is 3.74. The van der Waals surface area contributed by atoms with Gasteiger partial charge >= 0.3 is 23.9 Å². The first-order chi connectivity index (χ1) is 29.6. The van der Waals surface area contributed by atoms with Gasteiger partial charge in [0.05, 0.1) is 26.4 Å². The van der Waals surface area contributed by atoms with Crippen LogP contribution in [0, 0.1) is 6.92 Å². The first kappa shape index (κ1) is 53.5. The van der Waals surface area contributed by atoms with E-state index in [-0.39, 0.29) is 115 Å². The molecular formula is C47H72O12S2Si2. The van der Waals surface area contributed by atoms with E-state index in [9.17, 15) is 19.2 Å². The van der Waals surface area contributed by atoms with E-state index in [1.807, 2.05) is 25.1 Å². The molecule has 3 rings (SSSR count). The fourth-order valence-corrected chi connectivity index (χ4v) is 21.6. The Morgan fingerprint density at radius 1 is 0.444 bits per heavy atom. The summed E-state index contributed by atoms with van der Waals surface area (Å²) in [6.45, 7) is 35.0. The Labute approximate surface area is 385 Å². The highest BCUT2D eigenvalue weighted by Gasteiger charge is 2.50. The number of carbonyl (C=O) groups is 4. The van der Waals surface area contributed by atoms with Crippen molar-refractivity contribution in [2.75, 3.05) is 26.4 Å². The molecule has 0 N–H and O–H groups in total. The molecule has 0 bridgehead atoms. The predicted octanol–water partition coefficient (Wildman–Crippen LogP) is 13.1. The van der Waals surface area contributed by atoms with Crippen molar-refractivity contribution in [3.8, 4) is 23.0 Å². The Morgan fingerprint density at radius 3 is 0.937 bits per heavy atom. The minimum Gasteiger partial charge on any atom is -0.539 e. The van der Waals surface area contributed by atoms with Gasteiger partial charge in [-0.3, -0.25) is 0 Å². The molecule has 2 heterocycles. The highest BCUT2D eigenvalue weighted by molar-refractivity contribution is 7.17. The minimum atomic E-state index is -2.70. The second kappa shape index (κ2) is 23.4. The van der Waals surface area contributed by atoms with Crippen LogP contribution in [0.1, 0.15) is 166 Å². The van der Waals surface area contributed by atoms with Crippen molar-refractivity contribution >= 4 is 63.2 Å². The first-order valence-electron chi connectivity index (χ1n) is 22.3. The second-order valence-electron chi connectivity index (χ2n) is 17.5. The summed E-state index contributed by atoms with van der Waals surface area (Å²) in [5.74, 6) is -1.78. The molecule has 0 spiro atoms. The van der Waals surface area contributed by atoms with Gasteiger partial charge in [0, 0.05) is 0 Å². The Kier molecular flexibility index (Phi) is 19.8. The number of thiophene rings is 2. The summed E-state index contributed by atoms with van der Waals surface area (Å²) < 4.78 is 49.4. The van der Waals surface area contributed by atoms with Gasteiger partial charge < -0.3 is 37.3 Å². The van der Waals surface area contributed by atoms with Crippen molar-refractivity contribution < 1.29 is 56.5 Å². The smallest absolute Gasteiger partial charge is 0.352 e. The van der Waals surface area contributed by atoms with Crippen molar-refractivity contribution in [1.82, 2.24) is 0 Å². The van der Waals surface area contributed by atoms with Gasteiger partial charge in [-0.1, -0.05) is 101 Å². The molecule has 63 heavy (non-hydrogen) atoms. The normalized spacial score (nSPS) is 12.1. The number of rotatable bonds is 24. The van der Waals surface area contributed by atoms with Gasteiger partial charge in [-0.05, 0) is 85.1 Å². The van der Waals surface area contributed by atoms with Crippen molar-refractivity contribution in [3.05, 3.63) is 54.4 Å².